The Bertz CT molecular complexity index is 363. The number of Topliss-reactive ketones (excluding diaryl/α,β-unsaturated/α-hetero) is 1. The standard InChI is InChI=1S/C12H15NO/c1-8-7-11-10(9(2)14)5-4-6-12(11)13(8)3/h4-7,11-12H,1-3H3. The molecule has 14 heavy (non-hydrogen) atoms. The van der Waals surface area contributed by atoms with Crippen LogP contribution in [0.1, 0.15) is 13.8 Å². The van der Waals surface area contributed by atoms with Gasteiger partial charge in [-0.15, -0.1) is 0 Å². The molecular formula is C12H15NO. The third kappa shape index (κ3) is 1.22. The van der Waals surface area contributed by atoms with Gasteiger partial charge >= 0.3 is 0 Å². The van der Waals surface area contributed by atoms with E-state index >= 15 is 0 Å². The summed E-state index contributed by atoms with van der Waals surface area (Å²) in [5.41, 5.74) is 2.18. The van der Waals surface area contributed by atoms with Gasteiger partial charge in [-0.1, -0.05) is 24.3 Å². The Kier molecular flexibility index (Phi) is 2.06. The highest BCUT2D eigenvalue weighted by Gasteiger charge is 2.33. The van der Waals surface area contributed by atoms with Crippen LogP contribution in [-0.4, -0.2) is 23.8 Å². The topological polar surface area (TPSA) is 20.3 Å². The van der Waals surface area contributed by atoms with E-state index in [1.807, 2.05) is 12.2 Å². The van der Waals surface area contributed by atoms with Crippen LogP contribution in [0.2, 0.25) is 0 Å². The molecule has 2 unspecified atom stereocenters. The summed E-state index contributed by atoms with van der Waals surface area (Å²) in [6.07, 6.45) is 8.26. The Morgan fingerprint density at radius 3 is 2.86 bits per heavy atom. The van der Waals surface area contributed by atoms with Crippen molar-refractivity contribution in [1.82, 2.24) is 4.90 Å². The zero-order chi connectivity index (χ0) is 10.3. The summed E-state index contributed by atoms with van der Waals surface area (Å²) in [4.78, 5) is 13.6. The predicted octanol–water partition coefficient (Wildman–Crippen LogP) is 1.91. The van der Waals surface area contributed by atoms with E-state index in [1.165, 1.54) is 5.70 Å². The van der Waals surface area contributed by atoms with Gasteiger partial charge in [-0.2, -0.15) is 0 Å². The van der Waals surface area contributed by atoms with Crippen molar-refractivity contribution in [2.75, 3.05) is 7.05 Å². The predicted molar refractivity (Wildman–Crippen MR) is 56.7 cm³/mol. The van der Waals surface area contributed by atoms with Gasteiger partial charge in [-0.3, -0.25) is 4.79 Å². The maximum Gasteiger partial charge on any atom is 0.156 e. The lowest BCUT2D eigenvalue weighted by molar-refractivity contribution is -0.114. The van der Waals surface area contributed by atoms with Crippen LogP contribution in [0.25, 0.3) is 0 Å². The first-order valence-corrected chi connectivity index (χ1v) is 4.92. The lowest BCUT2D eigenvalue weighted by atomic mass is 9.86. The summed E-state index contributed by atoms with van der Waals surface area (Å²) in [6, 6.07) is 0.346. The van der Waals surface area contributed by atoms with Gasteiger partial charge in [0.25, 0.3) is 0 Å². The van der Waals surface area contributed by atoms with Crippen LogP contribution in [0.4, 0.5) is 0 Å². The molecule has 1 heterocycles. The summed E-state index contributed by atoms with van der Waals surface area (Å²) in [5.74, 6) is 0.450. The summed E-state index contributed by atoms with van der Waals surface area (Å²) >= 11 is 0. The molecule has 2 heteroatoms. The molecule has 0 saturated heterocycles. The van der Waals surface area contributed by atoms with Gasteiger partial charge in [0.05, 0.1) is 6.04 Å². The molecule has 0 radical (unpaired) electrons. The Morgan fingerprint density at radius 1 is 1.50 bits per heavy atom. The van der Waals surface area contributed by atoms with Gasteiger partial charge in [0, 0.05) is 24.2 Å². The molecule has 0 aromatic rings. The van der Waals surface area contributed by atoms with Gasteiger partial charge in [-0.05, 0) is 13.8 Å². The molecule has 1 aliphatic heterocycles. The summed E-state index contributed by atoms with van der Waals surface area (Å²) in [7, 11) is 2.07. The van der Waals surface area contributed by atoms with Crippen molar-refractivity contribution >= 4 is 5.78 Å². The second-order valence-electron chi connectivity index (χ2n) is 4.00. The molecule has 0 N–H and O–H groups in total. The van der Waals surface area contributed by atoms with E-state index < -0.39 is 0 Å². The van der Waals surface area contributed by atoms with Gasteiger partial charge in [0.1, 0.15) is 0 Å². The minimum Gasteiger partial charge on any atom is -0.371 e. The number of fused-ring (bicyclic) bond motifs is 1. The Morgan fingerprint density at radius 2 is 2.21 bits per heavy atom. The molecule has 0 aromatic heterocycles. The fraction of sp³-hybridized carbons (Fsp3) is 0.417. The number of likely N-dealkylation sites (N-methyl/N-ethyl adjacent to an activating group) is 1. The van der Waals surface area contributed by atoms with E-state index in [-0.39, 0.29) is 11.7 Å². The minimum atomic E-state index is 0.184. The number of allylic oxidation sites excluding steroid dienone is 3. The number of carbonyl (C=O) groups excluding carboxylic acids is 1. The van der Waals surface area contributed by atoms with Crippen molar-refractivity contribution in [2.24, 2.45) is 5.92 Å². The zero-order valence-corrected chi connectivity index (χ0v) is 8.82. The van der Waals surface area contributed by atoms with Crippen LogP contribution >= 0.6 is 0 Å². The van der Waals surface area contributed by atoms with Crippen molar-refractivity contribution in [3.8, 4) is 0 Å². The lowest BCUT2D eigenvalue weighted by Gasteiger charge is -2.28. The molecule has 0 fully saturated rings. The smallest absolute Gasteiger partial charge is 0.156 e. The Hall–Kier alpha value is -1.31. The zero-order valence-electron chi connectivity index (χ0n) is 8.82. The van der Waals surface area contributed by atoms with Crippen LogP contribution in [-0.2, 0) is 4.79 Å². The SMILES string of the molecule is CC(=O)C1=CC=CC2C1C=C(C)N2C. The summed E-state index contributed by atoms with van der Waals surface area (Å²) < 4.78 is 0. The average molecular weight is 189 g/mol. The molecule has 1 aliphatic carbocycles. The fourth-order valence-corrected chi connectivity index (χ4v) is 2.21. The largest absolute Gasteiger partial charge is 0.371 e. The highest BCUT2D eigenvalue weighted by molar-refractivity contribution is 5.95. The maximum absolute atomic E-state index is 11.4. The van der Waals surface area contributed by atoms with E-state index in [9.17, 15) is 4.79 Å². The third-order valence-corrected chi connectivity index (χ3v) is 3.14. The van der Waals surface area contributed by atoms with E-state index in [4.69, 9.17) is 0 Å². The number of rotatable bonds is 1. The average Bonchev–Trinajstić information content (AvgIpc) is 2.43. The monoisotopic (exact) mass is 189 g/mol. The molecule has 0 saturated carbocycles. The normalized spacial score (nSPS) is 29.8. The second-order valence-corrected chi connectivity index (χ2v) is 4.00. The number of ketones is 1. The Balaban J connectivity index is 2.37. The molecule has 2 rings (SSSR count). The van der Waals surface area contributed by atoms with Gasteiger partial charge in [0.15, 0.2) is 5.78 Å². The molecule has 0 aromatic carbocycles. The van der Waals surface area contributed by atoms with Crippen molar-refractivity contribution in [3.63, 3.8) is 0 Å². The molecule has 2 nitrogen and oxygen atoms in total. The van der Waals surface area contributed by atoms with Gasteiger partial charge < -0.3 is 4.90 Å². The molecule has 0 amide bonds. The third-order valence-electron chi connectivity index (χ3n) is 3.14. The first-order valence-electron chi connectivity index (χ1n) is 4.92. The van der Waals surface area contributed by atoms with Crippen LogP contribution < -0.4 is 0 Å². The van der Waals surface area contributed by atoms with Crippen LogP contribution in [0.15, 0.2) is 35.6 Å². The maximum atomic E-state index is 11.4. The van der Waals surface area contributed by atoms with Gasteiger partial charge in [-0.25, -0.2) is 0 Å². The summed E-state index contributed by atoms with van der Waals surface area (Å²) in [5, 5.41) is 0. The van der Waals surface area contributed by atoms with Crippen molar-refractivity contribution < 1.29 is 4.79 Å². The number of hydrogen-bond donors (Lipinski definition) is 0. The number of nitrogens with zero attached hydrogens (tertiary/aromatic N) is 1. The lowest BCUT2D eigenvalue weighted by Crippen LogP contribution is -2.31. The second kappa shape index (κ2) is 3.12. The van der Waals surface area contributed by atoms with Crippen molar-refractivity contribution in [3.05, 3.63) is 35.6 Å². The first kappa shape index (κ1) is 9.25. The van der Waals surface area contributed by atoms with Crippen molar-refractivity contribution in [2.45, 2.75) is 19.9 Å². The van der Waals surface area contributed by atoms with E-state index in [0.717, 1.165) is 5.57 Å². The van der Waals surface area contributed by atoms with E-state index in [0.29, 0.717) is 6.04 Å². The molecule has 2 atom stereocenters. The molecular weight excluding hydrogens is 174 g/mol. The minimum absolute atomic E-state index is 0.184. The van der Waals surface area contributed by atoms with Crippen LogP contribution in [0.3, 0.4) is 0 Å². The molecule has 2 aliphatic rings. The van der Waals surface area contributed by atoms with E-state index in [2.05, 4.69) is 31.0 Å². The highest BCUT2D eigenvalue weighted by Crippen LogP contribution is 2.34. The van der Waals surface area contributed by atoms with Crippen molar-refractivity contribution in [1.29, 1.82) is 0 Å². The van der Waals surface area contributed by atoms with Gasteiger partial charge in [0.2, 0.25) is 0 Å². The fourth-order valence-electron chi connectivity index (χ4n) is 2.21. The number of hydrogen-bond acceptors (Lipinski definition) is 2. The molecule has 74 valence electrons. The Labute approximate surface area is 84.6 Å². The number of carbonyl (C=O) groups is 1. The van der Waals surface area contributed by atoms with Crippen LogP contribution in [0, 0.1) is 5.92 Å². The quantitative estimate of drug-likeness (QED) is 0.628. The molecule has 0 spiro atoms. The van der Waals surface area contributed by atoms with Crippen LogP contribution in [0.5, 0.6) is 0 Å². The van der Waals surface area contributed by atoms with E-state index in [1.54, 1.807) is 6.92 Å². The first-order chi connectivity index (χ1) is 6.61. The summed E-state index contributed by atoms with van der Waals surface area (Å²) in [6.45, 7) is 3.73. The molecule has 0 bridgehead atoms. The highest BCUT2D eigenvalue weighted by atomic mass is 16.1.